The Morgan fingerprint density at radius 3 is 2.42 bits per heavy atom. The first-order valence-electron chi connectivity index (χ1n) is 8.65. The Balaban J connectivity index is 2.15. The SMILES string of the molecule is CCN(CC)c1ccc2cc(-c3cc(OC)cc(C=O)c3OC)oc2c1. The number of rotatable bonds is 7. The first kappa shape index (κ1) is 17.9. The minimum absolute atomic E-state index is 0.422. The maximum absolute atomic E-state index is 11.4. The first-order chi connectivity index (χ1) is 12.6. The molecule has 5 heteroatoms. The molecule has 0 spiro atoms. The highest BCUT2D eigenvalue weighted by atomic mass is 16.5. The maximum Gasteiger partial charge on any atom is 0.153 e. The summed E-state index contributed by atoms with van der Waals surface area (Å²) in [6, 6.07) is 11.6. The second-order valence-electron chi connectivity index (χ2n) is 5.92. The van der Waals surface area contributed by atoms with Gasteiger partial charge in [0.1, 0.15) is 22.8 Å². The van der Waals surface area contributed by atoms with Gasteiger partial charge in [0, 0.05) is 30.2 Å². The van der Waals surface area contributed by atoms with Crippen LogP contribution in [0.25, 0.3) is 22.3 Å². The Labute approximate surface area is 153 Å². The Bertz CT molecular complexity index is 925. The van der Waals surface area contributed by atoms with Gasteiger partial charge in [-0.1, -0.05) is 0 Å². The predicted molar refractivity (Wildman–Crippen MR) is 104 cm³/mol. The van der Waals surface area contributed by atoms with Gasteiger partial charge in [0.15, 0.2) is 6.29 Å². The van der Waals surface area contributed by atoms with E-state index >= 15 is 0 Å². The number of furan rings is 1. The fourth-order valence-electron chi connectivity index (χ4n) is 3.18. The number of aldehydes is 1. The Hall–Kier alpha value is -2.95. The van der Waals surface area contributed by atoms with Gasteiger partial charge < -0.3 is 18.8 Å². The van der Waals surface area contributed by atoms with Crippen LogP contribution in [-0.4, -0.2) is 33.6 Å². The summed E-state index contributed by atoms with van der Waals surface area (Å²) in [5.74, 6) is 1.69. The highest BCUT2D eigenvalue weighted by molar-refractivity contribution is 5.90. The lowest BCUT2D eigenvalue weighted by Gasteiger charge is -2.20. The molecule has 1 aromatic heterocycles. The minimum atomic E-state index is 0.422. The van der Waals surface area contributed by atoms with Crippen LogP contribution in [0.15, 0.2) is 40.8 Å². The standard InChI is InChI=1S/C21H23NO4/c1-5-22(6-2)16-8-7-14-10-20(26-19(14)11-16)18-12-17(24-3)9-15(13-23)21(18)25-4/h7-13H,5-6H2,1-4H3. The van der Waals surface area contributed by atoms with E-state index in [9.17, 15) is 4.79 Å². The number of benzene rings is 2. The lowest BCUT2D eigenvalue weighted by molar-refractivity contribution is 0.112. The second-order valence-corrected chi connectivity index (χ2v) is 5.92. The molecule has 0 radical (unpaired) electrons. The molecule has 0 bridgehead atoms. The van der Waals surface area contributed by atoms with E-state index in [4.69, 9.17) is 13.9 Å². The highest BCUT2D eigenvalue weighted by Crippen LogP contribution is 2.39. The molecule has 0 fully saturated rings. The molecule has 0 saturated carbocycles. The fourth-order valence-corrected chi connectivity index (χ4v) is 3.18. The summed E-state index contributed by atoms with van der Waals surface area (Å²) in [5.41, 5.74) is 3.03. The highest BCUT2D eigenvalue weighted by Gasteiger charge is 2.17. The van der Waals surface area contributed by atoms with Crippen molar-refractivity contribution in [3.05, 3.63) is 42.0 Å². The summed E-state index contributed by atoms with van der Waals surface area (Å²) < 4.78 is 16.9. The Kier molecular flexibility index (Phi) is 5.16. The second kappa shape index (κ2) is 7.52. The van der Waals surface area contributed by atoms with Crippen LogP contribution in [0.2, 0.25) is 0 Å². The molecule has 0 N–H and O–H groups in total. The number of fused-ring (bicyclic) bond motifs is 1. The molecule has 26 heavy (non-hydrogen) atoms. The zero-order valence-electron chi connectivity index (χ0n) is 15.5. The number of carbonyl (C=O) groups is 1. The predicted octanol–water partition coefficient (Wildman–Crippen LogP) is 4.78. The lowest BCUT2D eigenvalue weighted by Crippen LogP contribution is -2.21. The quantitative estimate of drug-likeness (QED) is 0.572. The fraction of sp³-hybridized carbons (Fsp3) is 0.286. The van der Waals surface area contributed by atoms with Gasteiger partial charge >= 0.3 is 0 Å². The summed E-state index contributed by atoms with van der Waals surface area (Å²) in [7, 11) is 3.11. The smallest absolute Gasteiger partial charge is 0.153 e. The lowest BCUT2D eigenvalue weighted by atomic mass is 10.1. The number of anilines is 1. The number of hydrogen-bond donors (Lipinski definition) is 0. The number of methoxy groups -OCH3 is 2. The molecule has 3 rings (SSSR count). The van der Waals surface area contributed by atoms with Gasteiger partial charge in [-0.3, -0.25) is 4.79 Å². The van der Waals surface area contributed by atoms with Gasteiger partial charge in [-0.05, 0) is 44.2 Å². The number of carbonyl (C=O) groups excluding carboxylic acids is 1. The van der Waals surface area contributed by atoms with Crippen molar-refractivity contribution in [2.45, 2.75) is 13.8 Å². The summed E-state index contributed by atoms with van der Waals surface area (Å²) in [4.78, 5) is 13.7. The summed E-state index contributed by atoms with van der Waals surface area (Å²) in [6.07, 6.45) is 0.756. The molecule has 0 aliphatic rings. The zero-order chi connectivity index (χ0) is 18.7. The normalized spacial score (nSPS) is 10.8. The number of hydrogen-bond acceptors (Lipinski definition) is 5. The van der Waals surface area contributed by atoms with Crippen LogP contribution in [0.5, 0.6) is 11.5 Å². The van der Waals surface area contributed by atoms with Crippen molar-refractivity contribution < 1.29 is 18.7 Å². The van der Waals surface area contributed by atoms with Crippen LogP contribution < -0.4 is 14.4 Å². The number of nitrogens with zero attached hydrogens (tertiary/aromatic N) is 1. The maximum atomic E-state index is 11.4. The van der Waals surface area contributed by atoms with E-state index in [0.29, 0.717) is 28.4 Å². The van der Waals surface area contributed by atoms with Crippen molar-refractivity contribution in [1.29, 1.82) is 0 Å². The molecule has 2 aromatic carbocycles. The minimum Gasteiger partial charge on any atom is -0.497 e. The third kappa shape index (κ3) is 3.12. The number of ether oxygens (including phenoxy) is 2. The average molecular weight is 353 g/mol. The van der Waals surface area contributed by atoms with Crippen molar-refractivity contribution >= 4 is 22.9 Å². The van der Waals surface area contributed by atoms with E-state index in [1.165, 1.54) is 0 Å². The van der Waals surface area contributed by atoms with E-state index in [0.717, 1.165) is 36.0 Å². The van der Waals surface area contributed by atoms with E-state index in [1.54, 1.807) is 20.3 Å². The molecule has 3 aromatic rings. The average Bonchev–Trinajstić information content (AvgIpc) is 3.11. The zero-order valence-corrected chi connectivity index (χ0v) is 15.5. The van der Waals surface area contributed by atoms with Crippen molar-refractivity contribution in [3.8, 4) is 22.8 Å². The molecule has 0 saturated heterocycles. The summed E-state index contributed by atoms with van der Waals surface area (Å²) >= 11 is 0. The molecule has 0 aliphatic carbocycles. The van der Waals surface area contributed by atoms with Crippen LogP contribution in [0.4, 0.5) is 5.69 Å². The van der Waals surface area contributed by atoms with Crippen molar-refractivity contribution in [3.63, 3.8) is 0 Å². The van der Waals surface area contributed by atoms with E-state index in [2.05, 4.69) is 24.8 Å². The largest absolute Gasteiger partial charge is 0.497 e. The first-order valence-corrected chi connectivity index (χ1v) is 8.65. The van der Waals surface area contributed by atoms with E-state index < -0.39 is 0 Å². The topological polar surface area (TPSA) is 51.9 Å². The molecule has 136 valence electrons. The molecule has 0 aliphatic heterocycles. The van der Waals surface area contributed by atoms with Gasteiger partial charge in [-0.2, -0.15) is 0 Å². The Morgan fingerprint density at radius 2 is 1.81 bits per heavy atom. The van der Waals surface area contributed by atoms with Crippen molar-refractivity contribution in [2.75, 3.05) is 32.2 Å². The molecule has 5 nitrogen and oxygen atoms in total. The third-order valence-corrected chi connectivity index (χ3v) is 4.56. The van der Waals surface area contributed by atoms with Gasteiger partial charge in [0.05, 0.1) is 25.3 Å². The van der Waals surface area contributed by atoms with Crippen molar-refractivity contribution in [1.82, 2.24) is 0 Å². The monoisotopic (exact) mass is 353 g/mol. The Morgan fingerprint density at radius 1 is 1.04 bits per heavy atom. The van der Waals surface area contributed by atoms with Gasteiger partial charge in [-0.15, -0.1) is 0 Å². The molecule has 0 unspecified atom stereocenters. The van der Waals surface area contributed by atoms with E-state index in [-0.39, 0.29) is 0 Å². The molecule has 0 amide bonds. The van der Waals surface area contributed by atoms with E-state index in [1.807, 2.05) is 24.3 Å². The third-order valence-electron chi connectivity index (χ3n) is 4.56. The van der Waals surface area contributed by atoms with Crippen LogP contribution in [0, 0.1) is 0 Å². The summed E-state index contributed by atoms with van der Waals surface area (Å²) in [6.45, 7) is 6.12. The van der Waals surface area contributed by atoms with Gasteiger partial charge in [-0.25, -0.2) is 0 Å². The summed E-state index contributed by atoms with van der Waals surface area (Å²) in [5, 5.41) is 0.994. The van der Waals surface area contributed by atoms with Crippen LogP contribution in [0.1, 0.15) is 24.2 Å². The van der Waals surface area contributed by atoms with Crippen molar-refractivity contribution in [2.24, 2.45) is 0 Å². The van der Waals surface area contributed by atoms with Crippen LogP contribution in [0.3, 0.4) is 0 Å². The molecular weight excluding hydrogens is 330 g/mol. The molecule has 0 atom stereocenters. The molecular formula is C21H23NO4. The van der Waals surface area contributed by atoms with Gasteiger partial charge in [0.25, 0.3) is 0 Å². The van der Waals surface area contributed by atoms with Crippen LogP contribution >= 0.6 is 0 Å². The molecule has 1 heterocycles. The van der Waals surface area contributed by atoms with Crippen LogP contribution in [-0.2, 0) is 0 Å². The van der Waals surface area contributed by atoms with Gasteiger partial charge in [0.2, 0.25) is 0 Å².